The molecule has 1 aliphatic rings. The summed E-state index contributed by atoms with van der Waals surface area (Å²) in [6.45, 7) is 1.40. The van der Waals surface area contributed by atoms with Crippen LogP contribution in [0.25, 0.3) is 11.5 Å². The second-order valence-corrected chi connectivity index (χ2v) is 8.01. The van der Waals surface area contributed by atoms with Crippen molar-refractivity contribution >= 4 is 5.91 Å². The number of benzene rings is 2. The first-order chi connectivity index (χ1) is 16.2. The molecule has 1 unspecified atom stereocenters. The van der Waals surface area contributed by atoms with Crippen LogP contribution in [0.3, 0.4) is 0 Å². The zero-order valence-electron chi connectivity index (χ0n) is 18.0. The molecule has 1 fully saturated rings. The minimum absolute atomic E-state index is 0.0248. The number of rotatable bonds is 6. The van der Waals surface area contributed by atoms with E-state index >= 15 is 0 Å². The lowest BCUT2D eigenvalue weighted by molar-refractivity contribution is 0.0668. The predicted molar refractivity (Wildman–Crippen MR) is 121 cm³/mol. The van der Waals surface area contributed by atoms with Gasteiger partial charge in [0.15, 0.2) is 0 Å². The van der Waals surface area contributed by atoms with Gasteiger partial charge in [-0.15, -0.1) is 0 Å². The number of carbonyl (C=O) groups excluding carboxylic acids is 1. The van der Waals surface area contributed by atoms with Crippen LogP contribution in [-0.2, 0) is 6.42 Å². The van der Waals surface area contributed by atoms with Gasteiger partial charge in [0.25, 0.3) is 5.91 Å². The maximum absolute atomic E-state index is 13.1. The molecule has 5 rings (SSSR count). The first-order valence-corrected chi connectivity index (χ1v) is 11.0. The molecule has 3 heterocycles. The molecule has 2 aromatic heterocycles. The maximum Gasteiger partial charge on any atom is 0.253 e. The largest absolute Gasteiger partial charge is 0.457 e. The number of piperidine rings is 1. The minimum atomic E-state index is 0.0248. The molecule has 1 amide bonds. The third-order valence-corrected chi connectivity index (χ3v) is 5.61. The highest BCUT2D eigenvalue weighted by Crippen LogP contribution is 2.25. The molecule has 0 aliphatic carbocycles. The molecule has 0 N–H and O–H groups in total. The number of ether oxygens (including phenoxy) is 1. The highest BCUT2D eigenvalue weighted by atomic mass is 16.5. The quantitative estimate of drug-likeness (QED) is 0.437. The van der Waals surface area contributed by atoms with Gasteiger partial charge in [-0.3, -0.25) is 9.78 Å². The fraction of sp³-hybridized carbons (Fsp3) is 0.240. The number of amides is 1. The standard InChI is InChI=1S/C25H23N5O3/c31-25(19-8-10-21(11-9-19)32-20-6-2-1-3-7-20)30-14-4-5-18(17-30)15-23-28-24(29-33-23)22-16-26-12-13-27-22/h1-3,6-13,16,18H,4-5,14-15,17H2. The lowest BCUT2D eigenvalue weighted by Crippen LogP contribution is -2.40. The maximum atomic E-state index is 13.1. The lowest BCUT2D eigenvalue weighted by Gasteiger charge is -2.32. The Morgan fingerprint density at radius 3 is 2.67 bits per heavy atom. The molecule has 8 heteroatoms. The SMILES string of the molecule is O=C(c1ccc(Oc2ccccc2)cc1)N1CCCC(Cc2nc(-c3cnccn3)no2)C1. The van der Waals surface area contributed by atoms with Crippen LogP contribution in [0.1, 0.15) is 29.1 Å². The number of hydrogen-bond donors (Lipinski definition) is 0. The normalized spacial score (nSPS) is 15.9. The zero-order chi connectivity index (χ0) is 22.5. The van der Waals surface area contributed by atoms with Crippen LogP contribution in [0.4, 0.5) is 0 Å². The van der Waals surface area contributed by atoms with E-state index in [1.54, 1.807) is 18.6 Å². The molecule has 0 radical (unpaired) electrons. The molecular formula is C25H23N5O3. The summed E-state index contributed by atoms with van der Waals surface area (Å²) in [5.41, 5.74) is 1.23. The van der Waals surface area contributed by atoms with E-state index in [1.807, 2.05) is 59.5 Å². The van der Waals surface area contributed by atoms with Gasteiger partial charge in [0.2, 0.25) is 11.7 Å². The predicted octanol–water partition coefficient (Wildman–Crippen LogP) is 4.41. The minimum Gasteiger partial charge on any atom is -0.457 e. The van der Waals surface area contributed by atoms with Crippen molar-refractivity contribution < 1.29 is 14.1 Å². The Hall–Kier alpha value is -4.07. The van der Waals surface area contributed by atoms with E-state index in [0.29, 0.717) is 41.7 Å². The summed E-state index contributed by atoms with van der Waals surface area (Å²) in [6.07, 6.45) is 7.37. The van der Waals surface area contributed by atoms with Gasteiger partial charge in [0.1, 0.15) is 17.2 Å². The first kappa shape index (κ1) is 20.8. The van der Waals surface area contributed by atoms with Crippen LogP contribution >= 0.6 is 0 Å². The van der Waals surface area contributed by atoms with E-state index in [2.05, 4.69) is 20.1 Å². The van der Waals surface area contributed by atoms with E-state index in [0.717, 1.165) is 25.1 Å². The molecule has 166 valence electrons. The lowest BCUT2D eigenvalue weighted by atomic mass is 9.94. The van der Waals surface area contributed by atoms with Crippen molar-refractivity contribution in [3.63, 3.8) is 0 Å². The molecule has 0 bridgehead atoms. The number of hydrogen-bond acceptors (Lipinski definition) is 7. The van der Waals surface area contributed by atoms with Crippen molar-refractivity contribution in [2.45, 2.75) is 19.3 Å². The Kier molecular flexibility index (Phi) is 6.06. The van der Waals surface area contributed by atoms with Crippen molar-refractivity contribution in [3.05, 3.63) is 84.6 Å². The second kappa shape index (κ2) is 9.60. The fourth-order valence-corrected chi connectivity index (χ4v) is 3.99. The number of likely N-dealkylation sites (tertiary alicyclic amines) is 1. The molecule has 0 saturated carbocycles. The van der Waals surface area contributed by atoms with E-state index in [9.17, 15) is 4.79 Å². The molecule has 33 heavy (non-hydrogen) atoms. The van der Waals surface area contributed by atoms with Gasteiger partial charge >= 0.3 is 0 Å². The Bertz CT molecular complexity index is 1200. The van der Waals surface area contributed by atoms with E-state index in [4.69, 9.17) is 9.26 Å². The van der Waals surface area contributed by atoms with Crippen LogP contribution in [0.5, 0.6) is 11.5 Å². The van der Waals surface area contributed by atoms with Gasteiger partial charge < -0.3 is 14.2 Å². The first-order valence-electron chi connectivity index (χ1n) is 11.0. The highest BCUT2D eigenvalue weighted by Gasteiger charge is 2.26. The second-order valence-electron chi connectivity index (χ2n) is 8.01. The van der Waals surface area contributed by atoms with Crippen LogP contribution in [-0.4, -0.2) is 44.0 Å². The van der Waals surface area contributed by atoms with Crippen LogP contribution in [0.2, 0.25) is 0 Å². The Balaban J connectivity index is 1.20. The molecule has 8 nitrogen and oxygen atoms in total. The number of carbonyl (C=O) groups is 1. The van der Waals surface area contributed by atoms with Gasteiger partial charge in [-0.25, -0.2) is 4.98 Å². The molecule has 4 aromatic rings. The smallest absolute Gasteiger partial charge is 0.253 e. The zero-order valence-corrected chi connectivity index (χ0v) is 18.0. The van der Waals surface area contributed by atoms with Crippen LogP contribution in [0.15, 0.2) is 77.7 Å². The van der Waals surface area contributed by atoms with E-state index in [1.165, 1.54) is 0 Å². The van der Waals surface area contributed by atoms with E-state index < -0.39 is 0 Å². The molecule has 2 aromatic carbocycles. The van der Waals surface area contributed by atoms with Crippen LogP contribution in [0, 0.1) is 5.92 Å². The topological polar surface area (TPSA) is 94.2 Å². The summed E-state index contributed by atoms with van der Waals surface area (Å²) in [5.74, 6) is 2.73. The molecule has 1 atom stereocenters. The highest BCUT2D eigenvalue weighted by molar-refractivity contribution is 5.94. The third-order valence-electron chi connectivity index (χ3n) is 5.61. The summed E-state index contributed by atoms with van der Waals surface area (Å²) in [4.78, 5) is 27.7. The third kappa shape index (κ3) is 5.06. The summed E-state index contributed by atoms with van der Waals surface area (Å²) < 4.78 is 11.2. The van der Waals surface area contributed by atoms with Crippen molar-refractivity contribution in [1.29, 1.82) is 0 Å². The number of nitrogens with zero attached hydrogens (tertiary/aromatic N) is 5. The summed E-state index contributed by atoms with van der Waals surface area (Å²) in [6, 6.07) is 16.9. The molecule has 1 aliphatic heterocycles. The summed E-state index contributed by atoms with van der Waals surface area (Å²) in [7, 11) is 0. The van der Waals surface area contributed by atoms with Gasteiger partial charge in [-0.2, -0.15) is 4.98 Å². The fourth-order valence-electron chi connectivity index (χ4n) is 3.99. The van der Waals surface area contributed by atoms with Crippen molar-refractivity contribution in [1.82, 2.24) is 25.0 Å². The summed E-state index contributed by atoms with van der Waals surface area (Å²) >= 11 is 0. The molecular weight excluding hydrogens is 418 g/mol. The molecule has 0 spiro atoms. The van der Waals surface area contributed by atoms with Crippen LogP contribution < -0.4 is 4.74 Å². The Morgan fingerprint density at radius 2 is 1.88 bits per heavy atom. The monoisotopic (exact) mass is 441 g/mol. The van der Waals surface area contributed by atoms with Crippen molar-refractivity contribution in [2.75, 3.05) is 13.1 Å². The number of para-hydroxylation sites is 1. The van der Waals surface area contributed by atoms with Gasteiger partial charge in [-0.1, -0.05) is 23.4 Å². The van der Waals surface area contributed by atoms with Gasteiger partial charge in [0, 0.05) is 37.5 Å². The Labute approximate surface area is 191 Å². The molecule has 1 saturated heterocycles. The summed E-state index contributed by atoms with van der Waals surface area (Å²) in [5, 5.41) is 4.01. The Morgan fingerprint density at radius 1 is 1.06 bits per heavy atom. The van der Waals surface area contributed by atoms with E-state index in [-0.39, 0.29) is 11.8 Å². The van der Waals surface area contributed by atoms with Crippen molar-refractivity contribution in [2.24, 2.45) is 5.92 Å². The van der Waals surface area contributed by atoms with Crippen molar-refractivity contribution in [3.8, 4) is 23.0 Å². The average Bonchev–Trinajstić information content (AvgIpc) is 3.34. The van der Waals surface area contributed by atoms with Gasteiger partial charge in [-0.05, 0) is 55.2 Å². The van der Waals surface area contributed by atoms with Gasteiger partial charge in [0.05, 0.1) is 6.20 Å². The average molecular weight is 441 g/mol. The number of aromatic nitrogens is 4.